The van der Waals surface area contributed by atoms with E-state index in [2.05, 4.69) is 5.32 Å². The zero-order chi connectivity index (χ0) is 8.60. The third kappa shape index (κ3) is 1.22. The van der Waals surface area contributed by atoms with Gasteiger partial charge in [0.1, 0.15) is 5.60 Å². The summed E-state index contributed by atoms with van der Waals surface area (Å²) in [5.74, 6) is -0.140. The van der Waals surface area contributed by atoms with Crippen molar-refractivity contribution in [2.75, 3.05) is 0 Å². The Morgan fingerprint density at radius 3 is 2.33 bits per heavy atom. The summed E-state index contributed by atoms with van der Waals surface area (Å²) in [6, 6.07) is 0.349. The van der Waals surface area contributed by atoms with Crippen LogP contribution in [0.15, 0.2) is 0 Å². The van der Waals surface area contributed by atoms with Gasteiger partial charge in [-0.05, 0) is 38.5 Å². The molecule has 1 amide bonds. The van der Waals surface area contributed by atoms with Crippen molar-refractivity contribution in [3.05, 3.63) is 0 Å². The Bertz CT molecular complexity index is 195. The third-order valence-electron chi connectivity index (χ3n) is 3.04. The summed E-state index contributed by atoms with van der Waals surface area (Å²) >= 11 is 0. The van der Waals surface area contributed by atoms with Gasteiger partial charge in [-0.25, -0.2) is 0 Å². The van der Waals surface area contributed by atoms with E-state index in [1.54, 1.807) is 0 Å². The second-order valence-corrected chi connectivity index (χ2v) is 3.99. The van der Waals surface area contributed by atoms with Gasteiger partial charge in [-0.15, -0.1) is 0 Å². The van der Waals surface area contributed by atoms with Crippen LogP contribution in [-0.2, 0) is 4.79 Å². The lowest BCUT2D eigenvalue weighted by Gasteiger charge is -2.37. The highest BCUT2D eigenvalue weighted by Gasteiger charge is 2.42. The summed E-state index contributed by atoms with van der Waals surface area (Å²) in [5.41, 5.74) is -1.00. The number of carbonyl (C=O) groups is 1. The van der Waals surface area contributed by atoms with Crippen molar-refractivity contribution in [1.29, 1.82) is 0 Å². The van der Waals surface area contributed by atoms with Gasteiger partial charge in [-0.2, -0.15) is 0 Å². The van der Waals surface area contributed by atoms with Gasteiger partial charge in [0, 0.05) is 6.04 Å². The minimum absolute atomic E-state index is 0.140. The second kappa shape index (κ2) is 2.73. The molecule has 0 aromatic carbocycles. The number of amides is 1. The Kier molecular flexibility index (Phi) is 1.83. The number of aliphatic hydroxyl groups is 1. The zero-order valence-corrected chi connectivity index (χ0v) is 7.18. The fraction of sp³-hybridized carbons (Fsp3) is 0.889. The highest BCUT2D eigenvalue weighted by molar-refractivity contribution is 5.86. The van der Waals surface area contributed by atoms with Crippen molar-refractivity contribution in [2.24, 2.45) is 0 Å². The normalized spacial score (nSPS) is 27.1. The van der Waals surface area contributed by atoms with Crippen LogP contribution in [-0.4, -0.2) is 22.7 Å². The van der Waals surface area contributed by atoms with Crippen LogP contribution in [0, 0.1) is 0 Å². The van der Waals surface area contributed by atoms with E-state index in [4.69, 9.17) is 0 Å². The monoisotopic (exact) mass is 169 g/mol. The van der Waals surface area contributed by atoms with Crippen molar-refractivity contribution in [1.82, 2.24) is 5.32 Å². The lowest BCUT2D eigenvalue weighted by Crippen LogP contribution is -2.55. The molecule has 68 valence electrons. The molecule has 0 unspecified atom stereocenters. The van der Waals surface area contributed by atoms with Crippen LogP contribution in [0.1, 0.15) is 38.5 Å². The first-order chi connectivity index (χ1) is 5.71. The van der Waals surface area contributed by atoms with Crippen LogP contribution in [0.2, 0.25) is 0 Å². The molecule has 2 saturated carbocycles. The highest BCUT2D eigenvalue weighted by atomic mass is 16.3. The molecule has 0 aromatic rings. The standard InChI is InChI=1S/C9H15NO2/c11-8(9(12)5-2-6-9)10-7-3-1-4-7/h7,12H,1-6H2,(H,10,11). The van der Waals surface area contributed by atoms with Gasteiger partial charge in [-0.3, -0.25) is 4.79 Å². The van der Waals surface area contributed by atoms with E-state index in [1.165, 1.54) is 6.42 Å². The van der Waals surface area contributed by atoms with Crippen LogP contribution in [0.4, 0.5) is 0 Å². The van der Waals surface area contributed by atoms with E-state index in [9.17, 15) is 9.90 Å². The van der Waals surface area contributed by atoms with E-state index in [-0.39, 0.29) is 5.91 Å². The third-order valence-corrected chi connectivity index (χ3v) is 3.04. The Labute approximate surface area is 72.2 Å². The molecule has 2 rings (SSSR count). The quantitative estimate of drug-likeness (QED) is 0.635. The molecule has 3 heteroatoms. The van der Waals surface area contributed by atoms with Crippen molar-refractivity contribution in [3.63, 3.8) is 0 Å². The largest absolute Gasteiger partial charge is 0.380 e. The fourth-order valence-corrected chi connectivity index (χ4v) is 1.61. The second-order valence-electron chi connectivity index (χ2n) is 3.99. The van der Waals surface area contributed by atoms with Gasteiger partial charge < -0.3 is 10.4 Å². The van der Waals surface area contributed by atoms with Crippen molar-refractivity contribution >= 4 is 5.91 Å². The fourth-order valence-electron chi connectivity index (χ4n) is 1.61. The topological polar surface area (TPSA) is 49.3 Å². The minimum Gasteiger partial charge on any atom is -0.380 e. The molecular weight excluding hydrogens is 154 g/mol. The Morgan fingerprint density at radius 1 is 1.33 bits per heavy atom. The molecule has 12 heavy (non-hydrogen) atoms. The van der Waals surface area contributed by atoms with Crippen LogP contribution in [0.25, 0.3) is 0 Å². The molecule has 2 aliphatic carbocycles. The maximum absolute atomic E-state index is 11.4. The Hall–Kier alpha value is -0.570. The first-order valence-corrected chi connectivity index (χ1v) is 4.74. The van der Waals surface area contributed by atoms with Crippen LogP contribution in [0.3, 0.4) is 0 Å². The van der Waals surface area contributed by atoms with Gasteiger partial charge in [0.15, 0.2) is 0 Å². The first kappa shape index (κ1) is 8.05. The highest BCUT2D eigenvalue weighted by Crippen LogP contribution is 2.32. The summed E-state index contributed by atoms with van der Waals surface area (Å²) in [5, 5.41) is 12.5. The van der Waals surface area contributed by atoms with Gasteiger partial charge in [0.25, 0.3) is 5.91 Å². The molecule has 0 saturated heterocycles. The molecule has 0 aliphatic heterocycles. The SMILES string of the molecule is O=C(NC1CCC1)C1(O)CCC1. The lowest BCUT2D eigenvalue weighted by atomic mass is 9.79. The molecule has 2 fully saturated rings. The van der Waals surface area contributed by atoms with Crippen molar-refractivity contribution in [2.45, 2.75) is 50.2 Å². The summed E-state index contributed by atoms with van der Waals surface area (Å²) < 4.78 is 0. The van der Waals surface area contributed by atoms with E-state index in [0.717, 1.165) is 19.3 Å². The van der Waals surface area contributed by atoms with Gasteiger partial charge in [0.2, 0.25) is 0 Å². The van der Waals surface area contributed by atoms with E-state index in [1.807, 2.05) is 0 Å². The molecule has 2 N–H and O–H groups in total. The number of rotatable bonds is 2. The molecule has 3 nitrogen and oxygen atoms in total. The summed E-state index contributed by atoms with van der Waals surface area (Å²) in [7, 11) is 0. The number of hydrogen-bond acceptors (Lipinski definition) is 2. The van der Waals surface area contributed by atoms with Crippen LogP contribution < -0.4 is 5.32 Å². The molecule has 0 spiro atoms. The molecule has 0 radical (unpaired) electrons. The zero-order valence-electron chi connectivity index (χ0n) is 7.18. The lowest BCUT2D eigenvalue weighted by molar-refractivity contribution is -0.149. The number of nitrogens with one attached hydrogen (secondary N) is 1. The molecular formula is C9H15NO2. The Morgan fingerprint density at radius 2 is 2.00 bits per heavy atom. The molecule has 2 aliphatic rings. The molecule has 0 aromatic heterocycles. The number of carbonyl (C=O) groups excluding carboxylic acids is 1. The smallest absolute Gasteiger partial charge is 0.252 e. The van der Waals surface area contributed by atoms with Crippen LogP contribution in [0.5, 0.6) is 0 Å². The van der Waals surface area contributed by atoms with Crippen molar-refractivity contribution < 1.29 is 9.90 Å². The summed E-state index contributed by atoms with van der Waals surface area (Å²) in [4.78, 5) is 11.4. The molecule has 0 heterocycles. The summed E-state index contributed by atoms with van der Waals surface area (Å²) in [6.07, 6.45) is 5.65. The average Bonchev–Trinajstić information content (AvgIpc) is 1.91. The molecule has 0 bridgehead atoms. The maximum Gasteiger partial charge on any atom is 0.252 e. The average molecular weight is 169 g/mol. The van der Waals surface area contributed by atoms with Gasteiger partial charge >= 0.3 is 0 Å². The van der Waals surface area contributed by atoms with Crippen LogP contribution >= 0.6 is 0 Å². The predicted octanol–water partition coefficient (Wildman–Crippen LogP) is 0.570. The van der Waals surface area contributed by atoms with E-state index < -0.39 is 5.60 Å². The van der Waals surface area contributed by atoms with E-state index in [0.29, 0.717) is 18.9 Å². The summed E-state index contributed by atoms with van der Waals surface area (Å²) in [6.45, 7) is 0. The van der Waals surface area contributed by atoms with Gasteiger partial charge in [0.05, 0.1) is 0 Å². The van der Waals surface area contributed by atoms with Gasteiger partial charge in [-0.1, -0.05) is 0 Å². The maximum atomic E-state index is 11.4. The Balaban J connectivity index is 1.82. The van der Waals surface area contributed by atoms with Crippen molar-refractivity contribution in [3.8, 4) is 0 Å². The predicted molar refractivity (Wildman–Crippen MR) is 44.6 cm³/mol. The minimum atomic E-state index is -1.00. The molecule has 0 atom stereocenters. The number of hydrogen-bond donors (Lipinski definition) is 2. The van der Waals surface area contributed by atoms with E-state index >= 15 is 0 Å². The first-order valence-electron chi connectivity index (χ1n) is 4.74.